The molecule has 0 atom stereocenters. The first-order chi connectivity index (χ1) is 11.6. The summed E-state index contributed by atoms with van der Waals surface area (Å²) in [6.07, 6.45) is 1.05. The van der Waals surface area contributed by atoms with Gasteiger partial charge in [-0.05, 0) is 38.0 Å². The molecule has 1 fully saturated rings. The average Bonchev–Trinajstić information content (AvgIpc) is 2.92. The highest BCUT2D eigenvalue weighted by atomic mass is 16.5. The summed E-state index contributed by atoms with van der Waals surface area (Å²) in [5, 5.41) is 1.15. The van der Waals surface area contributed by atoms with Crippen LogP contribution in [0, 0.1) is 13.8 Å². The van der Waals surface area contributed by atoms with Gasteiger partial charge in [-0.25, -0.2) is 0 Å². The van der Waals surface area contributed by atoms with Crippen molar-refractivity contribution in [2.75, 3.05) is 46.4 Å². The van der Waals surface area contributed by atoms with E-state index >= 15 is 0 Å². The normalized spacial score (nSPS) is 16.0. The zero-order valence-electron chi connectivity index (χ0n) is 14.9. The largest absolute Gasteiger partial charge is 0.385 e. The summed E-state index contributed by atoms with van der Waals surface area (Å²) < 4.78 is 5.11. The minimum absolute atomic E-state index is 0.123. The number of fused-ring (bicyclic) bond motifs is 1. The first-order valence-electron chi connectivity index (χ1n) is 8.69. The molecule has 1 aromatic carbocycles. The average molecular weight is 329 g/mol. The van der Waals surface area contributed by atoms with Gasteiger partial charge in [0, 0.05) is 57.3 Å². The van der Waals surface area contributed by atoms with Gasteiger partial charge < -0.3 is 14.6 Å². The van der Waals surface area contributed by atoms with Crippen LogP contribution in [0.25, 0.3) is 10.9 Å². The molecule has 0 bridgehead atoms. The number of nitrogens with zero attached hydrogens (tertiary/aromatic N) is 2. The van der Waals surface area contributed by atoms with Gasteiger partial charge in [-0.3, -0.25) is 9.69 Å². The predicted molar refractivity (Wildman–Crippen MR) is 96.6 cm³/mol. The van der Waals surface area contributed by atoms with Gasteiger partial charge in [0.1, 0.15) is 5.69 Å². The second-order valence-electron chi connectivity index (χ2n) is 6.65. The van der Waals surface area contributed by atoms with Crippen LogP contribution in [0.15, 0.2) is 18.2 Å². The molecule has 2 aromatic rings. The van der Waals surface area contributed by atoms with E-state index in [1.54, 1.807) is 7.11 Å². The Labute approximate surface area is 143 Å². The number of amides is 1. The molecule has 0 saturated carbocycles. The minimum Gasteiger partial charge on any atom is -0.385 e. The van der Waals surface area contributed by atoms with Crippen LogP contribution in [0.4, 0.5) is 0 Å². The second kappa shape index (κ2) is 7.36. The fourth-order valence-corrected chi connectivity index (χ4v) is 3.42. The standard InChI is InChI=1S/C19H27N3O2/c1-14-5-6-17-16(13-14)15(2)18(20-17)19(23)22-10-8-21(9-11-22)7-4-12-24-3/h5-6,13,20H,4,7-12H2,1-3H3. The summed E-state index contributed by atoms with van der Waals surface area (Å²) in [5.74, 6) is 0.123. The van der Waals surface area contributed by atoms with Crippen molar-refractivity contribution in [2.24, 2.45) is 0 Å². The van der Waals surface area contributed by atoms with Crippen molar-refractivity contribution in [3.63, 3.8) is 0 Å². The number of ether oxygens (including phenoxy) is 1. The van der Waals surface area contributed by atoms with E-state index < -0.39 is 0 Å². The summed E-state index contributed by atoms with van der Waals surface area (Å²) in [5.41, 5.74) is 4.05. The Morgan fingerprint density at radius 1 is 1.21 bits per heavy atom. The van der Waals surface area contributed by atoms with E-state index in [-0.39, 0.29) is 5.91 Å². The molecule has 1 aliphatic rings. The molecule has 1 saturated heterocycles. The molecule has 1 aromatic heterocycles. The van der Waals surface area contributed by atoms with Gasteiger partial charge >= 0.3 is 0 Å². The fraction of sp³-hybridized carbons (Fsp3) is 0.526. The number of piperazine rings is 1. The van der Waals surface area contributed by atoms with E-state index in [4.69, 9.17) is 4.74 Å². The third-order valence-corrected chi connectivity index (χ3v) is 4.91. The monoisotopic (exact) mass is 329 g/mol. The van der Waals surface area contributed by atoms with Gasteiger partial charge in [0.25, 0.3) is 5.91 Å². The van der Waals surface area contributed by atoms with E-state index in [0.29, 0.717) is 0 Å². The highest BCUT2D eigenvalue weighted by molar-refractivity contribution is 6.01. The molecule has 0 unspecified atom stereocenters. The van der Waals surface area contributed by atoms with Gasteiger partial charge in [0.15, 0.2) is 0 Å². The van der Waals surface area contributed by atoms with E-state index in [1.165, 1.54) is 5.56 Å². The van der Waals surface area contributed by atoms with E-state index in [2.05, 4.69) is 35.0 Å². The maximum Gasteiger partial charge on any atom is 0.270 e. The lowest BCUT2D eigenvalue weighted by Crippen LogP contribution is -2.49. The zero-order valence-corrected chi connectivity index (χ0v) is 14.9. The fourth-order valence-electron chi connectivity index (χ4n) is 3.42. The molecule has 0 spiro atoms. The lowest BCUT2D eigenvalue weighted by Gasteiger charge is -2.34. The summed E-state index contributed by atoms with van der Waals surface area (Å²) in [4.78, 5) is 20.6. The first-order valence-corrected chi connectivity index (χ1v) is 8.69. The summed E-state index contributed by atoms with van der Waals surface area (Å²) >= 11 is 0. The predicted octanol–water partition coefficient (Wildman–Crippen LogP) is 2.58. The van der Waals surface area contributed by atoms with Crippen LogP contribution in [0.3, 0.4) is 0 Å². The molecular weight excluding hydrogens is 302 g/mol. The molecule has 3 rings (SSSR count). The minimum atomic E-state index is 0.123. The number of rotatable bonds is 5. The Morgan fingerprint density at radius 3 is 2.67 bits per heavy atom. The summed E-state index contributed by atoms with van der Waals surface area (Å²) in [6, 6.07) is 6.28. The van der Waals surface area contributed by atoms with E-state index in [1.807, 2.05) is 11.8 Å². The van der Waals surface area contributed by atoms with Crippen LogP contribution in [-0.2, 0) is 4.74 Å². The molecule has 1 amide bonds. The lowest BCUT2D eigenvalue weighted by atomic mass is 10.1. The summed E-state index contributed by atoms with van der Waals surface area (Å²) in [6.45, 7) is 9.41. The van der Waals surface area contributed by atoms with Gasteiger partial charge in [-0.15, -0.1) is 0 Å². The second-order valence-corrected chi connectivity index (χ2v) is 6.65. The van der Waals surface area contributed by atoms with Crippen molar-refractivity contribution in [3.05, 3.63) is 35.0 Å². The van der Waals surface area contributed by atoms with Crippen LogP contribution >= 0.6 is 0 Å². The molecule has 0 aliphatic carbocycles. The molecule has 5 heteroatoms. The molecular formula is C19H27N3O2. The third kappa shape index (κ3) is 3.47. The van der Waals surface area contributed by atoms with Gasteiger partial charge in [-0.1, -0.05) is 11.6 Å². The Hall–Kier alpha value is -1.85. The Bertz CT molecular complexity index is 715. The van der Waals surface area contributed by atoms with Crippen molar-refractivity contribution in [1.82, 2.24) is 14.8 Å². The summed E-state index contributed by atoms with van der Waals surface area (Å²) in [7, 11) is 1.74. The van der Waals surface area contributed by atoms with Crippen LogP contribution in [0.2, 0.25) is 0 Å². The zero-order chi connectivity index (χ0) is 17.1. The number of hydrogen-bond donors (Lipinski definition) is 1. The molecule has 130 valence electrons. The number of benzene rings is 1. The quantitative estimate of drug-likeness (QED) is 0.858. The number of aryl methyl sites for hydroxylation is 2. The maximum absolute atomic E-state index is 12.9. The third-order valence-electron chi connectivity index (χ3n) is 4.91. The first kappa shape index (κ1) is 17.0. The Balaban J connectivity index is 1.66. The van der Waals surface area contributed by atoms with Crippen molar-refractivity contribution in [2.45, 2.75) is 20.3 Å². The van der Waals surface area contributed by atoms with Crippen LogP contribution in [0.1, 0.15) is 28.0 Å². The van der Waals surface area contributed by atoms with Crippen molar-refractivity contribution >= 4 is 16.8 Å². The molecule has 1 aliphatic heterocycles. The molecule has 0 radical (unpaired) electrons. The highest BCUT2D eigenvalue weighted by Gasteiger charge is 2.24. The van der Waals surface area contributed by atoms with Gasteiger partial charge in [-0.2, -0.15) is 0 Å². The molecule has 5 nitrogen and oxygen atoms in total. The number of carbonyl (C=O) groups excluding carboxylic acids is 1. The Morgan fingerprint density at radius 2 is 1.96 bits per heavy atom. The van der Waals surface area contributed by atoms with E-state index in [0.717, 1.165) is 67.9 Å². The van der Waals surface area contributed by atoms with Gasteiger partial charge in [0.05, 0.1) is 0 Å². The Kier molecular flexibility index (Phi) is 5.21. The number of aromatic amines is 1. The van der Waals surface area contributed by atoms with Crippen LogP contribution < -0.4 is 0 Å². The van der Waals surface area contributed by atoms with Crippen molar-refractivity contribution < 1.29 is 9.53 Å². The van der Waals surface area contributed by atoms with Gasteiger partial charge in [0.2, 0.25) is 0 Å². The molecule has 1 N–H and O–H groups in total. The molecule has 2 heterocycles. The number of hydrogen-bond acceptors (Lipinski definition) is 3. The maximum atomic E-state index is 12.9. The lowest BCUT2D eigenvalue weighted by molar-refractivity contribution is 0.0618. The SMILES string of the molecule is COCCCN1CCN(C(=O)c2[nH]c3ccc(C)cc3c2C)CC1. The van der Waals surface area contributed by atoms with E-state index in [9.17, 15) is 4.79 Å². The van der Waals surface area contributed by atoms with Crippen LogP contribution in [0.5, 0.6) is 0 Å². The number of methoxy groups -OCH3 is 1. The number of H-pyrrole nitrogens is 1. The topological polar surface area (TPSA) is 48.6 Å². The van der Waals surface area contributed by atoms with Crippen LogP contribution in [-0.4, -0.2) is 67.1 Å². The molecule has 24 heavy (non-hydrogen) atoms. The van der Waals surface area contributed by atoms with Crippen molar-refractivity contribution in [1.29, 1.82) is 0 Å². The number of nitrogens with one attached hydrogen (secondary N) is 1. The number of aromatic nitrogens is 1. The smallest absolute Gasteiger partial charge is 0.270 e. The number of carbonyl (C=O) groups is 1. The highest BCUT2D eigenvalue weighted by Crippen LogP contribution is 2.24. The van der Waals surface area contributed by atoms with Crippen molar-refractivity contribution in [3.8, 4) is 0 Å².